The molecule has 0 unspecified atom stereocenters. The zero-order chi connectivity index (χ0) is 20.1. The molecule has 0 atom stereocenters. The standard InChI is InChI=1S/C23H19N3O2S/c27-22(28)20-13-11-18(12-14-20)16-29-23-25-24-21(19-9-5-2-6-10-19)26(23)15-17-7-3-1-4-8-17/h1-14H,15-16H2,(H,27,28). The van der Waals surface area contributed by atoms with E-state index in [1.807, 2.05) is 60.7 Å². The van der Waals surface area contributed by atoms with E-state index in [-0.39, 0.29) is 5.56 Å². The average molecular weight is 401 g/mol. The van der Waals surface area contributed by atoms with Crippen molar-refractivity contribution < 1.29 is 9.90 Å². The van der Waals surface area contributed by atoms with Crippen LogP contribution in [0.25, 0.3) is 11.4 Å². The summed E-state index contributed by atoms with van der Waals surface area (Å²) in [4.78, 5) is 11.0. The first-order valence-electron chi connectivity index (χ1n) is 9.18. The monoisotopic (exact) mass is 401 g/mol. The van der Waals surface area contributed by atoms with Gasteiger partial charge in [-0.15, -0.1) is 10.2 Å². The smallest absolute Gasteiger partial charge is 0.335 e. The van der Waals surface area contributed by atoms with Crippen molar-refractivity contribution in [2.45, 2.75) is 17.5 Å². The number of rotatable bonds is 7. The average Bonchev–Trinajstić information content (AvgIpc) is 3.16. The first-order chi connectivity index (χ1) is 14.2. The Kier molecular flexibility index (Phi) is 5.72. The van der Waals surface area contributed by atoms with Gasteiger partial charge in [0.1, 0.15) is 0 Å². The zero-order valence-corrected chi connectivity index (χ0v) is 16.4. The van der Waals surface area contributed by atoms with Crippen LogP contribution in [0.15, 0.2) is 90.1 Å². The molecule has 5 nitrogen and oxygen atoms in total. The van der Waals surface area contributed by atoms with Gasteiger partial charge in [-0.3, -0.25) is 4.57 Å². The van der Waals surface area contributed by atoms with Crippen LogP contribution in [-0.2, 0) is 12.3 Å². The van der Waals surface area contributed by atoms with Crippen molar-refractivity contribution in [2.75, 3.05) is 0 Å². The maximum Gasteiger partial charge on any atom is 0.335 e. The Balaban J connectivity index is 1.60. The number of carbonyl (C=O) groups is 1. The molecule has 0 saturated carbocycles. The van der Waals surface area contributed by atoms with Crippen molar-refractivity contribution in [1.29, 1.82) is 0 Å². The summed E-state index contributed by atoms with van der Waals surface area (Å²) in [5.41, 5.74) is 3.53. The molecule has 0 radical (unpaired) electrons. The largest absolute Gasteiger partial charge is 0.478 e. The van der Waals surface area contributed by atoms with Crippen LogP contribution in [-0.4, -0.2) is 25.8 Å². The van der Waals surface area contributed by atoms with E-state index >= 15 is 0 Å². The number of hydrogen-bond acceptors (Lipinski definition) is 4. The maximum atomic E-state index is 11.0. The molecule has 4 rings (SSSR count). The van der Waals surface area contributed by atoms with Crippen LogP contribution >= 0.6 is 11.8 Å². The topological polar surface area (TPSA) is 68.0 Å². The molecule has 0 aliphatic rings. The summed E-state index contributed by atoms with van der Waals surface area (Å²) in [5, 5.41) is 18.8. The molecule has 0 aliphatic carbocycles. The first kappa shape index (κ1) is 19.0. The van der Waals surface area contributed by atoms with Crippen molar-refractivity contribution >= 4 is 17.7 Å². The minimum atomic E-state index is -0.917. The number of nitrogens with zero attached hydrogens (tertiary/aromatic N) is 3. The Morgan fingerprint density at radius 3 is 2.14 bits per heavy atom. The van der Waals surface area contributed by atoms with E-state index in [0.717, 1.165) is 22.1 Å². The van der Waals surface area contributed by atoms with Gasteiger partial charge in [0.05, 0.1) is 12.1 Å². The fraction of sp³-hybridized carbons (Fsp3) is 0.0870. The summed E-state index contributed by atoms with van der Waals surface area (Å²) < 4.78 is 2.13. The Hall–Kier alpha value is -3.38. The van der Waals surface area contributed by atoms with Crippen LogP contribution in [0.2, 0.25) is 0 Å². The van der Waals surface area contributed by atoms with Gasteiger partial charge in [-0.1, -0.05) is 84.6 Å². The summed E-state index contributed by atoms with van der Waals surface area (Å²) in [6, 6.07) is 27.2. The van der Waals surface area contributed by atoms with E-state index < -0.39 is 5.97 Å². The number of carboxylic acid groups (broad SMARTS) is 1. The summed E-state index contributed by atoms with van der Waals surface area (Å²) in [7, 11) is 0. The fourth-order valence-corrected chi connectivity index (χ4v) is 3.89. The lowest BCUT2D eigenvalue weighted by Gasteiger charge is -2.10. The second-order valence-electron chi connectivity index (χ2n) is 6.53. The highest BCUT2D eigenvalue weighted by molar-refractivity contribution is 7.98. The van der Waals surface area contributed by atoms with Crippen LogP contribution < -0.4 is 0 Å². The van der Waals surface area contributed by atoms with Crippen molar-refractivity contribution in [1.82, 2.24) is 14.8 Å². The first-order valence-corrected chi connectivity index (χ1v) is 10.2. The van der Waals surface area contributed by atoms with Crippen LogP contribution in [0.3, 0.4) is 0 Å². The van der Waals surface area contributed by atoms with Gasteiger partial charge in [0.15, 0.2) is 11.0 Å². The molecule has 6 heteroatoms. The summed E-state index contributed by atoms with van der Waals surface area (Å²) in [6.07, 6.45) is 0. The summed E-state index contributed by atoms with van der Waals surface area (Å²) >= 11 is 1.59. The number of carboxylic acids is 1. The Morgan fingerprint density at radius 1 is 0.828 bits per heavy atom. The van der Waals surface area contributed by atoms with E-state index in [9.17, 15) is 4.79 Å². The molecule has 1 N–H and O–H groups in total. The predicted molar refractivity (Wildman–Crippen MR) is 114 cm³/mol. The molecule has 3 aromatic carbocycles. The van der Waals surface area contributed by atoms with Crippen molar-refractivity contribution in [2.24, 2.45) is 0 Å². The fourth-order valence-electron chi connectivity index (χ4n) is 3.00. The number of aromatic carboxylic acids is 1. The van der Waals surface area contributed by atoms with Gasteiger partial charge in [-0.2, -0.15) is 0 Å². The second-order valence-corrected chi connectivity index (χ2v) is 7.48. The van der Waals surface area contributed by atoms with Crippen molar-refractivity contribution in [3.8, 4) is 11.4 Å². The van der Waals surface area contributed by atoms with E-state index in [1.165, 1.54) is 5.56 Å². The Morgan fingerprint density at radius 2 is 1.48 bits per heavy atom. The molecule has 0 spiro atoms. The molecule has 4 aromatic rings. The Labute approximate surface area is 173 Å². The number of thioether (sulfide) groups is 1. The van der Waals surface area contributed by atoms with Gasteiger partial charge in [0, 0.05) is 11.3 Å². The van der Waals surface area contributed by atoms with E-state index in [4.69, 9.17) is 5.11 Å². The number of benzene rings is 3. The molecule has 0 aliphatic heterocycles. The van der Waals surface area contributed by atoms with Crippen LogP contribution in [0.4, 0.5) is 0 Å². The summed E-state index contributed by atoms with van der Waals surface area (Å²) in [5.74, 6) is 0.596. The minimum absolute atomic E-state index is 0.289. The summed E-state index contributed by atoms with van der Waals surface area (Å²) in [6.45, 7) is 0.679. The van der Waals surface area contributed by atoms with Gasteiger partial charge >= 0.3 is 5.97 Å². The molecule has 0 fully saturated rings. The van der Waals surface area contributed by atoms with Crippen molar-refractivity contribution in [3.63, 3.8) is 0 Å². The lowest BCUT2D eigenvalue weighted by molar-refractivity contribution is 0.0697. The van der Waals surface area contributed by atoms with E-state index in [2.05, 4.69) is 26.9 Å². The molecule has 144 valence electrons. The molecule has 0 amide bonds. The van der Waals surface area contributed by atoms with Gasteiger partial charge in [0.25, 0.3) is 0 Å². The van der Waals surface area contributed by atoms with Gasteiger partial charge in [-0.05, 0) is 23.3 Å². The third-order valence-electron chi connectivity index (χ3n) is 4.50. The molecule has 29 heavy (non-hydrogen) atoms. The van der Waals surface area contributed by atoms with E-state index in [1.54, 1.807) is 23.9 Å². The lowest BCUT2D eigenvalue weighted by Crippen LogP contribution is -2.04. The van der Waals surface area contributed by atoms with Crippen molar-refractivity contribution in [3.05, 3.63) is 102 Å². The van der Waals surface area contributed by atoms with Gasteiger partial charge in [-0.25, -0.2) is 4.79 Å². The third kappa shape index (κ3) is 4.55. The van der Waals surface area contributed by atoms with Gasteiger partial charge in [0.2, 0.25) is 0 Å². The van der Waals surface area contributed by atoms with Crippen LogP contribution in [0, 0.1) is 0 Å². The van der Waals surface area contributed by atoms with Crippen LogP contribution in [0.5, 0.6) is 0 Å². The van der Waals surface area contributed by atoms with Gasteiger partial charge < -0.3 is 5.11 Å². The second kappa shape index (κ2) is 8.75. The maximum absolute atomic E-state index is 11.0. The Bertz CT molecular complexity index is 1090. The highest BCUT2D eigenvalue weighted by Crippen LogP contribution is 2.27. The predicted octanol–water partition coefficient (Wildman–Crippen LogP) is 4.98. The van der Waals surface area contributed by atoms with E-state index in [0.29, 0.717) is 12.3 Å². The lowest BCUT2D eigenvalue weighted by atomic mass is 10.1. The molecule has 0 bridgehead atoms. The SMILES string of the molecule is O=C(O)c1ccc(CSc2nnc(-c3ccccc3)n2Cc2ccccc2)cc1. The highest BCUT2D eigenvalue weighted by atomic mass is 32.2. The normalized spacial score (nSPS) is 10.8. The third-order valence-corrected chi connectivity index (χ3v) is 5.54. The molecule has 1 heterocycles. The molecule has 1 aromatic heterocycles. The van der Waals surface area contributed by atoms with Crippen LogP contribution in [0.1, 0.15) is 21.5 Å². The quantitative estimate of drug-likeness (QED) is 0.442. The zero-order valence-electron chi connectivity index (χ0n) is 15.6. The highest BCUT2D eigenvalue weighted by Gasteiger charge is 2.15. The minimum Gasteiger partial charge on any atom is -0.478 e. The molecular formula is C23H19N3O2S. The number of aromatic nitrogens is 3. The number of hydrogen-bond donors (Lipinski definition) is 1. The molecule has 0 saturated heterocycles. The molecular weight excluding hydrogens is 382 g/mol.